The fourth-order valence-corrected chi connectivity index (χ4v) is 20.4. The number of nitriles is 1. The molecule has 0 bridgehead atoms. The Kier molecular flexibility index (Phi) is 18.5. The molecule has 0 spiro atoms. The van der Waals surface area contributed by atoms with Gasteiger partial charge in [-0.3, -0.25) is 0 Å². The largest absolute Gasteiger partial charge is 0.455 e. The molecule has 606 valence electrons. The molecule has 0 saturated carbocycles. The van der Waals surface area contributed by atoms with Gasteiger partial charge in [0.25, 0.3) is 0 Å². The Hall–Kier alpha value is -17.8. The summed E-state index contributed by atoms with van der Waals surface area (Å²) in [6.45, 7) is 8.20. The highest BCUT2D eigenvalue weighted by Crippen LogP contribution is 2.50. The van der Waals surface area contributed by atoms with Crippen molar-refractivity contribution in [3.8, 4) is 101 Å². The van der Waals surface area contributed by atoms with Crippen molar-refractivity contribution in [2.45, 2.75) is 0 Å². The van der Waals surface area contributed by atoms with Gasteiger partial charge in [-0.05, 0) is 148 Å². The zero-order valence-electron chi connectivity index (χ0n) is 70.5. The van der Waals surface area contributed by atoms with Crippen LogP contribution in [0.3, 0.4) is 0 Å². The second kappa shape index (κ2) is 31.7. The van der Waals surface area contributed by atoms with Crippen LogP contribution < -0.4 is 0 Å². The molecule has 0 unspecified atom stereocenters. The van der Waals surface area contributed by atoms with Gasteiger partial charge in [-0.1, -0.05) is 358 Å². The lowest BCUT2D eigenvalue weighted by molar-refractivity contribution is 0.671. The minimum Gasteiger partial charge on any atom is -0.455 e. The van der Waals surface area contributed by atoms with Crippen LogP contribution in [-0.2, 0) is 0 Å². The second-order valence-corrected chi connectivity index (χ2v) is 33.0. The highest BCUT2D eigenvalue weighted by molar-refractivity contribution is 6.19. The van der Waals surface area contributed by atoms with E-state index in [1.165, 1.54) is 109 Å². The SMILES string of the molecule is N#Cc1ccc(-n2c3ccccc3c3cc(-c4ccccc4-c4ccccc4-n4c5ccccc5c5ccccc54)ccc32)cc1.[C-]#[N+]c1cccc(-c2cccc3c4ccccc4n(-c4ccccc4)c23)c1-n1c2ccccc2c2ccccc21.c1ccc(-c2cccc3c2oc2c(-c4ccccc4-c4ccccc4-n4c5ccccc5c5ccccc54)cccc23)cc1. The summed E-state index contributed by atoms with van der Waals surface area (Å²) in [6.07, 6.45) is 0. The average Bonchev–Trinajstić information content (AvgIpc) is 1.56. The van der Waals surface area contributed by atoms with E-state index in [-0.39, 0.29) is 0 Å². The van der Waals surface area contributed by atoms with Gasteiger partial charge in [-0.25, -0.2) is 4.85 Å². The van der Waals surface area contributed by atoms with Crippen LogP contribution in [0.2, 0.25) is 0 Å². The summed E-state index contributed by atoms with van der Waals surface area (Å²) in [4.78, 5) is 4.05. The highest BCUT2D eigenvalue weighted by atomic mass is 16.3. The maximum Gasteiger partial charge on any atom is 0.211 e. The lowest BCUT2D eigenvalue weighted by Crippen LogP contribution is -2.00. The molecule has 0 N–H and O–H groups in total. The molecule has 20 aromatic carbocycles. The molecule has 6 aromatic heterocycles. The van der Waals surface area contributed by atoms with Crippen LogP contribution in [0.4, 0.5) is 5.69 Å². The number of para-hydroxylation sites is 15. The average molecular weight is 1660 g/mol. The van der Waals surface area contributed by atoms with Crippen molar-refractivity contribution in [2.24, 2.45) is 0 Å². The van der Waals surface area contributed by atoms with Crippen molar-refractivity contribution >= 4 is 137 Å². The molecule has 0 aliphatic heterocycles. The molecule has 0 atom stereocenters. The third kappa shape index (κ3) is 12.4. The summed E-state index contributed by atoms with van der Waals surface area (Å²) < 4.78 is 18.6. The van der Waals surface area contributed by atoms with Gasteiger partial charge < -0.3 is 27.3 Å². The topological polar surface area (TPSA) is 65.9 Å². The first-order valence-electron chi connectivity index (χ1n) is 44.0. The van der Waals surface area contributed by atoms with E-state index < -0.39 is 0 Å². The smallest absolute Gasteiger partial charge is 0.211 e. The van der Waals surface area contributed by atoms with E-state index >= 15 is 0 Å². The molecule has 130 heavy (non-hydrogen) atoms. The fraction of sp³-hybridized carbons (Fsp3) is 0. The Morgan fingerprint density at radius 3 is 1.05 bits per heavy atom. The fourth-order valence-electron chi connectivity index (χ4n) is 20.4. The summed E-state index contributed by atoms with van der Waals surface area (Å²) in [5.74, 6) is 0. The maximum atomic E-state index is 9.35. The van der Waals surface area contributed by atoms with Crippen LogP contribution in [0.1, 0.15) is 5.56 Å². The molecular formula is C122H77N7O. The van der Waals surface area contributed by atoms with Crippen LogP contribution in [0.15, 0.2) is 472 Å². The third-order valence-electron chi connectivity index (χ3n) is 26.0. The monoisotopic (exact) mass is 1660 g/mol. The first-order valence-corrected chi connectivity index (χ1v) is 44.0. The van der Waals surface area contributed by atoms with Crippen molar-refractivity contribution in [2.75, 3.05) is 0 Å². The Balaban J connectivity index is 0.000000108. The first-order chi connectivity index (χ1) is 64.5. The number of hydrogen-bond acceptors (Lipinski definition) is 2. The minimum absolute atomic E-state index is 0.628. The second-order valence-electron chi connectivity index (χ2n) is 33.0. The van der Waals surface area contributed by atoms with Crippen molar-refractivity contribution in [1.82, 2.24) is 22.8 Å². The lowest BCUT2D eigenvalue weighted by atomic mass is 9.92. The highest BCUT2D eigenvalue weighted by Gasteiger charge is 2.27. The van der Waals surface area contributed by atoms with Crippen LogP contribution in [0, 0.1) is 17.9 Å². The van der Waals surface area contributed by atoms with Crippen LogP contribution in [0.25, 0.3) is 231 Å². The quantitative estimate of drug-likeness (QED) is 0.121. The van der Waals surface area contributed by atoms with Gasteiger partial charge >= 0.3 is 0 Å². The molecule has 8 heteroatoms. The van der Waals surface area contributed by atoms with Gasteiger partial charge in [0.05, 0.1) is 90.4 Å². The molecule has 0 radical (unpaired) electrons. The first kappa shape index (κ1) is 75.9. The number of hydrogen-bond donors (Lipinski definition) is 0. The van der Waals surface area contributed by atoms with Crippen molar-refractivity contribution < 1.29 is 4.42 Å². The Morgan fingerprint density at radius 1 is 0.215 bits per heavy atom. The third-order valence-corrected chi connectivity index (χ3v) is 26.0. The van der Waals surface area contributed by atoms with E-state index in [4.69, 9.17) is 11.0 Å². The van der Waals surface area contributed by atoms with Gasteiger partial charge in [-0.2, -0.15) is 5.26 Å². The molecule has 8 nitrogen and oxygen atoms in total. The molecule has 0 aliphatic rings. The van der Waals surface area contributed by atoms with E-state index in [9.17, 15) is 5.26 Å². The van der Waals surface area contributed by atoms with Gasteiger partial charge in [0, 0.05) is 104 Å². The summed E-state index contributed by atoms with van der Waals surface area (Å²) in [6, 6.07) is 167. The zero-order valence-corrected chi connectivity index (χ0v) is 70.5. The summed E-state index contributed by atoms with van der Waals surface area (Å²) in [7, 11) is 0. The number of rotatable bonds is 11. The number of furan rings is 1. The zero-order chi connectivity index (χ0) is 86.3. The van der Waals surface area contributed by atoms with E-state index in [0.717, 1.165) is 117 Å². The Labute approximate surface area is 749 Å². The number of aromatic nitrogens is 5. The van der Waals surface area contributed by atoms with Crippen LogP contribution in [0.5, 0.6) is 0 Å². The van der Waals surface area contributed by atoms with Crippen LogP contribution in [-0.4, -0.2) is 22.8 Å². The minimum atomic E-state index is 0.628. The summed E-state index contributed by atoms with van der Waals surface area (Å²) in [5, 5.41) is 23.8. The Bertz CT molecular complexity index is 8930. The summed E-state index contributed by atoms with van der Waals surface area (Å²) >= 11 is 0. The molecular weight excluding hydrogens is 1580 g/mol. The molecule has 26 rings (SSSR count). The molecule has 6 heterocycles. The molecule has 0 fully saturated rings. The van der Waals surface area contributed by atoms with Crippen molar-refractivity contribution in [3.63, 3.8) is 0 Å². The van der Waals surface area contributed by atoms with E-state index in [2.05, 4.69) is 464 Å². The van der Waals surface area contributed by atoms with Gasteiger partial charge in [0.15, 0.2) is 0 Å². The summed E-state index contributed by atoms with van der Waals surface area (Å²) in [5.41, 5.74) is 33.8. The molecule has 0 saturated heterocycles. The van der Waals surface area contributed by atoms with Gasteiger partial charge in [0.2, 0.25) is 5.69 Å². The molecule has 26 aromatic rings. The normalized spacial score (nSPS) is 11.5. The molecule has 0 aliphatic carbocycles. The predicted molar refractivity (Wildman–Crippen MR) is 542 cm³/mol. The number of nitrogens with zero attached hydrogens (tertiary/aromatic N) is 7. The van der Waals surface area contributed by atoms with Gasteiger partial charge in [-0.15, -0.1) is 0 Å². The van der Waals surface area contributed by atoms with Crippen molar-refractivity contribution in [3.05, 3.63) is 484 Å². The van der Waals surface area contributed by atoms with E-state index in [0.29, 0.717) is 11.3 Å². The number of fused-ring (bicyclic) bond motifs is 18. The lowest BCUT2D eigenvalue weighted by Gasteiger charge is -2.18. The number of benzene rings is 20. The van der Waals surface area contributed by atoms with E-state index in [1.54, 1.807) is 0 Å². The standard InChI is InChI=1S/C43H27N3.C42H27NO.C37H23N3/c44-28-29-21-24-31(25-22-29)45-39-17-7-6-16-37(39)38-27-30(23-26-43(38)45)32-11-1-2-12-33(32)34-13-3-8-18-40(34)46-41-19-9-4-14-35(41)36-15-5-10-20-42(36)46;1-2-14-28(15-3-1)29-21-12-23-36-37-24-13-22-35(42(37)44-41(29)36)31-17-5-4-16-30(31)32-18-6-9-25-38(32)43-39-26-10-7-19-33(39)34-20-8-11-27-40(34)43;1-38-32-21-12-20-31(37(32)40-34-23-9-5-15-26(34)27-16-6-10-24-35(27)40)30-19-11-18-29-28-17-7-8-22-33(28)39(36(29)30)25-13-3-2-4-14-25/h1-27H;1-27H;2-24H. The maximum absolute atomic E-state index is 9.35. The molecule has 0 amide bonds. The predicted octanol–water partition coefficient (Wildman–Crippen LogP) is 32.9. The van der Waals surface area contributed by atoms with Crippen LogP contribution >= 0.6 is 0 Å². The van der Waals surface area contributed by atoms with E-state index in [1.807, 2.05) is 36.4 Å². The Morgan fingerprint density at radius 2 is 0.546 bits per heavy atom. The van der Waals surface area contributed by atoms with Crippen molar-refractivity contribution in [1.29, 1.82) is 5.26 Å². The van der Waals surface area contributed by atoms with Gasteiger partial charge in [0.1, 0.15) is 11.2 Å².